The summed E-state index contributed by atoms with van der Waals surface area (Å²) in [5.74, 6) is 0. The highest BCUT2D eigenvalue weighted by molar-refractivity contribution is 7.89. The number of piperazine rings is 1. The lowest BCUT2D eigenvalue weighted by Gasteiger charge is -2.38. The first kappa shape index (κ1) is 16.4. The number of hydrogen-bond donors (Lipinski definition) is 1. The average molecular weight is 312 g/mol. The smallest absolute Gasteiger partial charge is 0.243 e. The van der Waals surface area contributed by atoms with Gasteiger partial charge in [-0.05, 0) is 37.6 Å². The van der Waals surface area contributed by atoms with Gasteiger partial charge in [-0.15, -0.1) is 0 Å². The molecule has 1 aromatic rings. The highest BCUT2D eigenvalue weighted by Gasteiger charge is 2.32. The fourth-order valence-corrected chi connectivity index (χ4v) is 4.68. The van der Waals surface area contributed by atoms with Gasteiger partial charge in [0.25, 0.3) is 0 Å². The van der Waals surface area contributed by atoms with Crippen molar-refractivity contribution in [1.82, 2.24) is 9.21 Å². The summed E-state index contributed by atoms with van der Waals surface area (Å²) in [6.45, 7) is 8.49. The van der Waals surface area contributed by atoms with E-state index in [-0.39, 0.29) is 12.6 Å². The van der Waals surface area contributed by atoms with Gasteiger partial charge in [-0.3, -0.25) is 4.90 Å². The molecule has 1 unspecified atom stereocenters. The van der Waals surface area contributed by atoms with E-state index in [0.717, 1.165) is 13.1 Å². The summed E-state index contributed by atoms with van der Waals surface area (Å²) in [5.41, 5.74) is 1.31. The minimum Gasteiger partial charge on any atom is -0.392 e. The molecule has 0 saturated carbocycles. The van der Waals surface area contributed by atoms with Crippen LogP contribution in [0, 0.1) is 6.92 Å². The highest BCUT2D eigenvalue weighted by Crippen LogP contribution is 2.24. The standard InChI is InChI=1S/C15H24N2O3S/c1-4-16-8-9-17(10-12(16)2)21(19,20)15-7-5-6-14(11-18)13(15)3/h5-7,12,18H,4,8-11H2,1-3H3. The summed E-state index contributed by atoms with van der Waals surface area (Å²) in [4.78, 5) is 2.59. The Morgan fingerprint density at radius 1 is 1.33 bits per heavy atom. The van der Waals surface area contributed by atoms with Gasteiger partial charge in [0.15, 0.2) is 0 Å². The van der Waals surface area contributed by atoms with Crippen molar-refractivity contribution in [2.75, 3.05) is 26.2 Å². The van der Waals surface area contributed by atoms with E-state index >= 15 is 0 Å². The molecular formula is C15H24N2O3S. The van der Waals surface area contributed by atoms with Gasteiger partial charge in [0, 0.05) is 25.7 Å². The quantitative estimate of drug-likeness (QED) is 0.907. The fourth-order valence-electron chi connectivity index (χ4n) is 2.90. The van der Waals surface area contributed by atoms with Crippen LogP contribution in [0.3, 0.4) is 0 Å². The Labute approximate surface area is 127 Å². The van der Waals surface area contributed by atoms with Gasteiger partial charge >= 0.3 is 0 Å². The summed E-state index contributed by atoms with van der Waals surface area (Å²) < 4.78 is 27.2. The van der Waals surface area contributed by atoms with Gasteiger partial charge in [0.1, 0.15) is 0 Å². The number of nitrogens with zero attached hydrogens (tertiary/aromatic N) is 2. The van der Waals surface area contributed by atoms with Crippen molar-refractivity contribution in [3.63, 3.8) is 0 Å². The predicted molar refractivity (Wildman–Crippen MR) is 82.6 cm³/mol. The summed E-state index contributed by atoms with van der Waals surface area (Å²) >= 11 is 0. The van der Waals surface area contributed by atoms with Crippen LogP contribution >= 0.6 is 0 Å². The van der Waals surface area contributed by atoms with Crippen molar-refractivity contribution in [2.24, 2.45) is 0 Å². The minimum atomic E-state index is -3.49. The minimum absolute atomic E-state index is 0.144. The molecule has 21 heavy (non-hydrogen) atoms. The molecule has 0 radical (unpaired) electrons. The van der Waals surface area contributed by atoms with E-state index in [1.54, 1.807) is 29.4 Å². The molecule has 5 nitrogen and oxygen atoms in total. The molecule has 118 valence electrons. The van der Waals surface area contributed by atoms with Crippen molar-refractivity contribution >= 4 is 10.0 Å². The monoisotopic (exact) mass is 312 g/mol. The molecule has 0 aromatic heterocycles. The molecule has 0 aliphatic carbocycles. The van der Waals surface area contributed by atoms with Crippen LogP contribution in [-0.4, -0.2) is 55.0 Å². The Bertz CT molecular complexity index is 601. The molecule has 2 rings (SSSR count). The summed E-state index contributed by atoms with van der Waals surface area (Å²) in [7, 11) is -3.49. The molecule has 1 atom stereocenters. The molecule has 1 fully saturated rings. The van der Waals surface area contributed by atoms with E-state index < -0.39 is 10.0 Å². The second-order valence-electron chi connectivity index (χ2n) is 5.54. The van der Waals surface area contributed by atoms with Gasteiger partial charge < -0.3 is 5.11 Å². The summed E-state index contributed by atoms with van der Waals surface area (Å²) in [6.07, 6.45) is 0. The normalized spacial score (nSPS) is 21.6. The predicted octanol–water partition coefficient (Wildman–Crippen LogP) is 1.20. The zero-order valence-corrected chi connectivity index (χ0v) is 13.7. The number of aliphatic hydroxyl groups excluding tert-OH is 1. The maximum atomic E-state index is 12.8. The number of rotatable bonds is 4. The second kappa shape index (κ2) is 6.44. The maximum absolute atomic E-state index is 12.8. The molecule has 1 N–H and O–H groups in total. The van der Waals surface area contributed by atoms with E-state index in [9.17, 15) is 13.5 Å². The van der Waals surface area contributed by atoms with E-state index in [0.29, 0.717) is 29.1 Å². The molecule has 1 heterocycles. The molecule has 0 bridgehead atoms. The molecule has 1 aliphatic heterocycles. The third-order valence-corrected chi connectivity index (χ3v) is 6.33. The van der Waals surface area contributed by atoms with E-state index in [1.165, 1.54) is 0 Å². The Kier molecular flexibility index (Phi) is 5.03. The van der Waals surface area contributed by atoms with Crippen LogP contribution in [0.4, 0.5) is 0 Å². The summed E-state index contributed by atoms with van der Waals surface area (Å²) in [5, 5.41) is 9.31. The third-order valence-electron chi connectivity index (χ3n) is 4.32. The molecule has 0 amide bonds. The SMILES string of the molecule is CCN1CCN(S(=O)(=O)c2cccc(CO)c2C)CC1C. The van der Waals surface area contributed by atoms with Gasteiger partial charge in [-0.25, -0.2) is 8.42 Å². The molecule has 0 spiro atoms. The van der Waals surface area contributed by atoms with Crippen molar-refractivity contribution in [3.8, 4) is 0 Å². The van der Waals surface area contributed by atoms with Crippen LogP contribution in [0.15, 0.2) is 23.1 Å². The maximum Gasteiger partial charge on any atom is 0.243 e. The van der Waals surface area contributed by atoms with Crippen molar-refractivity contribution in [3.05, 3.63) is 29.3 Å². The van der Waals surface area contributed by atoms with Crippen molar-refractivity contribution < 1.29 is 13.5 Å². The molecule has 6 heteroatoms. The first-order valence-electron chi connectivity index (χ1n) is 7.35. The van der Waals surface area contributed by atoms with Crippen LogP contribution in [-0.2, 0) is 16.6 Å². The van der Waals surface area contributed by atoms with Crippen LogP contribution < -0.4 is 0 Å². The number of benzene rings is 1. The van der Waals surface area contributed by atoms with Crippen molar-refractivity contribution in [1.29, 1.82) is 0 Å². The Morgan fingerprint density at radius 3 is 2.62 bits per heavy atom. The Balaban J connectivity index is 2.31. The topological polar surface area (TPSA) is 60.9 Å². The Morgan fingerprint density at radius 2 is 2.05 bits per heavy atom. The first-order chi connectivity index (χ1) is 9.91. The molecule has 1 aromatic carbocycles. The van der Waals surface area contributed by atoms with Crippen LogP contribution in [0.1, 0.15) is 25.0 Å². The van der Waals surface area contributed by atoms with Gasteiger partial charge in [-0.2, -0.15) is 4.31 Å². The number of likely N-dealkylation sites (N-methyl/N-ethyl adjacent to an activating group) is 1. The van der Waals surface area contributed by atoms with Crippen LogP contribution in [0.25, 0.3) is 0 Å². The number of hydrogen-bond acceptors (Lipinski definition) is 4. The average Bonchev–Trinajstić information content (AvgIpc) is 2.47. The zero-order chi connectivity index (χ0) is 15.6. The van der Waals surface area contributed by atoms with E-state index in [2.05, 4.69) is 18.7 Å². The molecule has 1 aliphatic rings. The fraction of sp³-hybridized carbons (Fsp3) is 0.600. The van der Waals surface area contributed by atoms with Gasteiger partial charge in [-0.1, -0.05) is 19.1 Å². The van der Waals surface area contributed by atoms with Gasteiger partial charge in [0.2, 0.25) is 10.0 Å². The third kappa shape index (κ3) is 3.13. The van der Waals surface area contributed by atoms with Crippen LogP contribution in [0.2, 0.25) is 0 Å². The second-order valence-corrected chi connectivity index (χ2v) is 7.45. The summed E-state index contributed by atoms with van der Waals surface area (Å²) in [6, 6.07) is 5.30. The van der Waals surface area contributed by atoms with Crippen LogP contribution in [0.5, 0.6) is 0 Å². The number of sulfonamides is 1. The molecule has 1 saturated heterocycles. The van der Waals surface area contributed by atoms with Crippen molar-refractivity contribution in [2.45, 2.75) is 38.3 Å². The van der Waals surface area contributed by atoms with E-state index in [1.807, 2.05) is 0 Å². The highest BCUT2D eigenvalue weighted by atomic mass is 32.2. The Hall–Kier alpha value is -0.950. The zero-order valence-electron chi connectivity index (χ0n) is 12.9. The lowest BCUT2D eigenvalue weighted by molar-refractivity contribution is 0.135. The van der Waals surface area contributed by atoms with E-state index in [4.69, 9.17) is 0 Å². The lowest BCUT2D eigenvalue weighted by Crippen LogP contribution is -2.53. The van der Waals surface area contributed by atoms with Gasteiger partial charge in [0.05, 0.1) is 11.5 Å². The largest absolute Gasteiger partial charge is 0.392 e. The number of aliphatic hydroxyl groups is 1. The lowest BCUT2D eigenvalue weighted by atomic mass is 10.1. The molecular weight excluding hydrogens is 288 g/mol. The first-order valence-corrected chi connectivity index (χ1v) is 8.79.